The Morgan fingerprint density at radius 1 is 1.29 bits per heavy atom. The van der Waals surface area contributed by atoms with E-state index in [9.17, 15) is 9.59 Å². The molecule has 0 spiro atoms. The Morgan fingerprint density at radius 2 is 2.14 bits per heavy atom. The second-order valence-electron chi connectivity index (χ2n) is 6.51. The zero-order chi connectivity index (χ0) is 19.7. The largest absolute Gasteiger partial charge is 0.449 e. The second-order valence-corrected chi connectivity index (χ2v) is 6.95. The number of hydrogen-bond acceptors (Lipinski definition) is 6. The lowest BCUT2D eigenvalue weighted by atomic mass is 10.1. The smallest absolute Gasteiger partial charge is 0.415 e. The number of hydrogen-bond donors (Lipinski definition) is 2. The highest BCUT2D eigenvalue weighted by molar-refractivity contribution is 6.31. The zero-order valence-electron chi connectivity index (χ0n) is 15.1. The molecule has 1 saturated heterocycles. The van der Waals surface area contributed by atoms with Crippen LogP contribution in [0.2, 0.25) is 5.02 Å². The monoisotopic (exact) mass is 399 g/mol. The van der Waals surface area contributed by atoms with Crippen molar-refractivity contribution < 1.29 is 9.53 Å². The minimum absolute atomic E-state index is 0.203. The normalized spacial score (nSPS) is 15.4. The number of aromatic amines is 1. The van der Waals surface area contributed by atoms with Crippen LogP contribution in [-0.2, 0) is 4.74 Å². The average molecular weight is 400 g/mol. The molecule has 28 heavy (non-hydrogen) atoms. The SMILES string of the molecule is CC(Nc1nccc(N2CCCOC2=O)n1)c1cc2cc(Cl)ccc2[nH]c1=O. The van der Waals surface area contributed by atoms with Crippen molar-refractivity contribution in [1.82, 2.24) is 15.0 Å². The molecule has 0 saturated carbocycles. The number of aromatic nitrogens is 3. The number of benzene rings is 1. The number of carbonyl (C=O) groups is 1. The standard InChI is InChI=1S/C19H18ClN5O3/c1-11(14-10-12-9-13(20)3-4-15(12)23-17(14)26)22-18-21-6-5-16(24-18)25-7-2-8-28-19(25)27/h3-6,9-11H,2,7-8H2,1H3,(H,23,26)(H,21,22,24). The van der Waals surface area contributed by atoms with Gasteiger partial charge in [-0.05, 0) is 43.7 Å². The van der Waals surface area contributed by atoms with Crippen LogP contribution >= 0.6 is 11.6 Å². The first kappa shape index (κ1) is 18.2. The lowest BCUT2D eigenvalue weighted by molar-refractivity contribution is 0.140. The van der Waals surface area contributed by atoms with Crippen LogP contribution < -0.4 is 15.8 Å². The highest BCUT2D eigenvalue weighted by Gasteiger charge is 2.23. The van der Waals surface area contributed by atoms with Gasteiger partial charge < -0.3 is 15.0 Å². The molecule has 9 heteroatoms. The van der Waals surface area contributed by atoms with E-state index in [1.807, 2.05) is 6.92 Å². The van der Waals surface area contributed by atoms with Crippen LogP contribution in [0.1, 0.15) is 24.9 Å². The first-order valence-corrected chi connectivity index (χ1v) is 9.25. The van der Waals surface area contributed by atoms with Gasteiger partial charge in [0.25, 0.3) is 5.56 Å². The Hall–Kier alpha value is -3.13. The molecule has 1 atom stereocenters. The molecule has 1 unspecified atom stereocenters. The summed E-state index contributed by atoms with van der Waals surface area (Å²) in [7, 11) is 0. The van der Waals surface area contributed by atoms with Crippen LogP contribution in [0.25, 0.3) is 10.9 Å². The molecular formula is C19H18ClN5O3. The van der Waals surface area contributed by atoms with Gasteiger partial charge in [-0.1, -0.05) is 11.6 Å². The molecule has 0 radical (unpaired) electrons. The van der Waals surface area contributed by atoms with E-state index in [4.69, 9.17) is 16.3 Å². The summed E-state index contributed by atoms with van der Waals surface area (Å²) in [4.78, 5) is 37.3. The quantitative estimate of drug-likeness (QED) is 0.696. The van der Waals surface area contributed by atoms with E-state index in [2.05, 4.69) is 20.3 Å². The van der Waals surface area contributed by atoms with E-state index in [1.54, 1.807) is 36.5 Å². The minimum atomic E-state index is -0.424. The summed E-state index contributed by atoms with van der Waals surface area (Å²) in [5.74, 6) is 0.766. The van der Waals surface area contributed by atoms with Gasteiger partial charge in [-0.3, -0.25) is 9.69 Å². The molecule has 4 rings (SSSR count). The number of nitrogens with zero attached hydrogens (tertiary/aromatic N) is 3. The lowest BCUT2D eigenvalue weighted by Gasteiger charge is -2.25. The highest BCUT2D eigenvalue weighted by atomic mass is 35.5. The van der Waals surface area contributed by atoms with Gasteiger partial charge in [-0.2, -0.15) is 4.98 Å². The first-order valence-electron chi connectivity index (χ1n) is 8.87. The van der Waals surface area contributed by atoms with Crippen molar-refractivity contribution >= 4 is 40.4 Å². The molecule has 0 aliphatic carbocycles. The summed E-state index contributed by atoms with van der Waals surface area (Å²) < 4.78 is 5.05. The van der Waals surface area contributed by atoms with Crippen molar-refractivity contribution in [1.29, 1.82) is 0 Å². The highest BCUT2D eigenvalue weighted by Crippen LogP contribution is 2.22. The summed E-state index contributed by atoms with van der Waals surface area (Å²) in [5, 5.41) is 4.55. The van der Waals surface area contributed by atoms with Gasteiger partial charge in [-0.15, -0.1) is 0 Å². The molecule has 0 bridgehead atoms. The molecule has 144 valence electrons. The number of cyclic esters (lactones) is 1. The van der Waals surface area contributed by atoms with E-state index in [-0.39, 0.29) is 11.6 Å². The minimum Gasteiger partial charge on any atom is -0.449 e. The van der Waals surface area contributed by atoms with E-state index >= 15 is 0 Å². The molecule has 1 aliphatic heterocycles. The summed E-state index contributed by atoms with van der Waals surface area (Å²) >= 11 is 6.05. The number of anilines is 2. The summed E-state index contributed by atoms with van der Waals surface area (Å²) in [5.41, 5.74) is 1.04. The van der Waals surface area contributed by atoms with E-state index in [1.165, 1.54) is 4.90 Å². The molecule has 2 aromatic heterocycles. The number of rotatable bonds is 4. The van der Waals surface area contributed by atoms with Crippen LogP contribution in [0, 0.1) is 0 Å². The average Bonchev–Trinajstić information content (AvgIpc) is 2.68. The fourth-order valence-corrected chi connectivity index (χ4v) is 3.30. The third kappa shape index (κ3) is 3.63. The number of halogens is 1. The van der Waals surface area contributed by atoms with E-state index in [0.717, 1.165) is 11.8 Å². The molecule has 1 aromatic carbocycles. The number of nitrogens with one attached hydrogen (secondary N) is 2. The van der Waals surface area contributed by atoms with Crippen LogP contribution in [0.15, 0.2) is 41.3 Å². The van der Waals surface area contributed by atoms with Crippen LogP contribution in [0.3, 0.4) is 0 Å². The maximum Gasteiger partial charge on any atom is 0.415 e. The van der Waals surface area contributed by atoms with Crippen molar-refractivity contribution in [2.45, 2.75) is 19.4 Å². The second kappa shape index (κ2) is 7.47. The van der Waals surface area contributed by atoms with Crippen molar-refractivity contribution in [3.8, 4) is 0 Å². The lowest BCUT2D eigenvalue weighted by Crippen LogP contribution is -2.38. The van der Waals surface area contributed by atoms with Crippen molar-refractivity contribution in [3.63, 3.8) is 0 Å². The Balaban J connectivity index is 1.60. The molecular weight excluding hydrogens is 382 g/mol. The number of H-pyrrole nitrogens is 1. The van der Waals surface area contributed by atoms with E-state index < -0.39 is 6.09 Å². The number of fused-ring (bicyclic) bond motifs is 1. The molecule has 1 aliphatic rings. The van der Waals surface area contributed by atoms with Crippen molar-refractivity contribution in [2.24, 2.45) is 0 Å². The topological polar surface area (TPSA) is 100 Å². The number of pyridine rings is 1. The van der Waals surface area contributed by atoms with Gasteiger partial charge in [0.1, 0.15) is 5.82 Å². The van der Waals surface area contributed by atoms with Gasteiger partial charge >= 0.3 is 6.09 Å². The fourth-order valence-electron chi connectivity index (χ4n) is 3.12. The molecule has 1 amide bonds. The van der Waals surface area contributed by atoms with Gasteiger partial charge in [0, 0.05) is 34.2 Å². The molecule has 3 aromatic rings. The number of carbonyl (C=O) groups excluding carboxylic acids is 1. The van der Waals surface area contributed by atoms with Gasteiger partial charge in [0.2, 0.25) is 5.95 Å². The van der Waals surface area contributed by atoms with E-state index in [0.29, 0.717) is 41.0 Å². The Kier molecular flexibility index (Phi) is 4.87. The van der Waals surface area contributed by atoms with Gasteiger partial charge in [0.05, 0.1) is 12.6 Å². The van der Waals surface area contributed by atoms with Crippen LogP contribution in [0.5, 0.6) is 0 Å². The third-order valence-corrected chi connectivity index (χ3v) is 4.77. The zero-order valence-corrected chi connectivity index (χ0v) is 15.9. The molecule has 1 fully saturated rings. The van der Waals surface area contributed by atoms with Crippen molar-refractivity contribution in [3.05, 3.63) is 57.5 Å². The van der Waals surface area contributed by atoms with Gasteiger partial charge in [0.15, 0.2) is 0 Å². The molecule has 8 nitrogen and oxygen atoms in total. The molecule has 2 N–H and O–H groups in total. The summed E-state index contributed by atoms with van der Waals surface area (Å²) in [6, 6.07) is 8.37. The van der Waals surface area contributed by atoms with Crippen LogP contribution in [0.4, 0.5) is 16.6 Å². The Labute approximate surface area is 165 Å². The molecule has 3 heterocycles. The van der Waals surface area contributed by atoms with Crippen molar-refractivity contribution in [2.75, 3.05) is 23.4 Å². The van der Waals surface area contributed by atoms with Crippen LogP contribution in [-0.4, -0.2) is 34.2 Å². The number of amides is 1. The first-order chi connectivity index (χ1) is 13.5. The maximum absolute atomic E-state index is 12.5. The Bertz CT molecular complexity index is 1100. The Morgan fingerprint density at radius 3 is 2.96 bits per heavy atom. The van der Waals surface area contributed by atoms with Gasteiger partial charge in [-0.25, -0.2) is 9.78 Å². The summed E-state index contributed by atoms with van der Waals surface area (Å²) in [6.45, 7) is 2.79. The fraction of sp³-hybridized carbons (Fsp3) is 0.263. The third-order valence-electron chi connectivity index (χ3n) is 4.54. The summed E-state index contributed by atoms with van der Waals surface area (Å²) in [6.07, 6.45) is 1.87. The predicted octanol–water partition coefficient (Wildman–Crippen LogP) is 3.49. The maximum atomic E-state index is 12.5. The predicted molar refractivity (Wildman–Crippen MR) is 107 cm³/mol. The number of ether oxygens (including phenoxy) is 1.